The van der Waals surface area contributed by atoms with Crippen LogP contribution in [0.1, 0.15) is 79.8 Å². The molecule has 5 amide bonds. The first-order chi connectivity index (χ1) is 28.8. The third-order valence-corrected chi connectivity index (χ3v) is 9.43. The number of carbonyl (C=O) groups is 5. The number of aryl methyl sites for hydroxylation is 4. The summed E-state index contributed by atoms with van der Waals surface area (Å²) in [5, 5.41) is 14.5. The summed E-state index contributed by atoms with van der Waals surface area (Å²) in [4.78, 5) is 73.1. The van der Waals surface area contributed by atoms with E-state index in [1.165, 1.54) is 31.4 Å². The number of nitrogens with zero attached hydrogens (tertiary/aromatic N) is 8. The molecule has 0 fully saturated rings. The van der Waals surface area contributed by atoms with E-state index < -0.39 is 23.6 Å². The number of rotatable bonds is 18. The van der Waals surface area contributed by atoms with E-state index in [9.17, 15) is 24.0 Å². The standard InChI is InChI=1S/C39H46N14O7/c1-6-52-27(15-21(3)48-52)36(57)45-38-43-25-17-23(34(40)55)19-29(59-5)32(25)50(38)12-8-9-13-51-33-26(44-39(51)46-37(58)28-16-22(4)49-53(28)7-2)18-24(35(41)56)20-30(33)60-14-10-11-31(54)47-42/h8-9,15-20H,6-7,10-14,42H2,1-5H3,(H2,40,55)(H2,41,56)(H,47,54)(H,43,45,57)(H,44,46,58)/b9-8+. The first kappa shape index (κ1) is 42.1. The highest BCUT2D eigenvalue weighted by Crippen LogP contribution is 2.33. The van der Waals surface area contributed by atoms with Crippen molar-refractivity contribution >= 4 is 63.5 Å². The molecule has 2 aromatic carbocycles. The van der Waals surface area contributed by atoms with Gasteiger partial charge < -0.3 is 30.1 Å². The van der Waals surface area contributed by atoms with Crippen molar-refractivity contribution in [3.63, 3.8) is 0 Å². The Hall–Kier alpha value is -7.55. The molecule has 6 rings (SSSR count). The fourth-order valence-corrected chi connectivity index (χ4v) is 6.67. The van der Waals surface area contributed by atoms with Crippen molar-refractivity contribution < 1.29 is 33.4 Å². The third kappa shape index (κ3) is 8.79. The van der Waals surface area contributed by atoms with Crippen molar-refractivity contribution in [2.24, 2.45) is 17.3 Å². The maximum absolute atomic E-state index is 13.7. The number of nitrogens with two attached hydrogens (primary N) is 3. The molecule has 21 nitrogen and oxygen atoms in total. The summed E-state index contributed by atoms with van der Waals surface area (Å²) >= 11 is 0. The van der Waals surface area contributed by atoms with Gasteiger partial charge >= 0.3 is 0 Å². The van der Waals surface area contributed by atoms with Crippen molar-refractivity contribution in [2.45, 2.75) is 66.7 Å². The lowest BCUT2D eigenvalue weighted by molar-refractivity contribution is -0.121. The van der Waals surface area contributed by atoms with Gasteiger partial charge in [-0.05, 0) is 70.5 Å². The lowest BCUT2D eigenvalue weighted by atomic mass is 10.1. The van der Waals surface area contributed by atoms with E-state index in [0.717, 1.165) is 0 Å². The number of imidazole rings is 2. The minimum absolute atomic E-state index is 0.0719. The number of methoxy groups -OCH3 is 1. The lowest BCUT2D eigenvalue weighted by Gasteiger charge is -2.13. The quantitative estimate of drug-likeness (QED) is 0.0240. The summed E-state index contributed by atoms with van der Waals surface area (Å²) in [6, 6.07) is 9.31. The average Bonchev–Trinajstić information content (AvgIpc) is 3.99. The van der Waals surface area contributed by atoms with Crippen LogP contribution in [-0.2, 0) is 31.0 Å². The Labute approximate surface area is 342 Å². The largest absolute Gasteiger partial charge is 0.494 e. The fourth-order valence-electron chi connectivity index (χ4n) is 6.67. The second-order valence-corrected chi connectivity index (χ2v) is 13.6. The highest BCUT2D eigenvalue weighted by atomic mass is 16.5. The monoisotopic (exact) mass is 822 g/mol. The molecule has 0 saturated carbocycles. The molecule has 0 spiro atoms. The summed E-state index contributed by atoms with van der Waals surface area (Å²) in [7, 11) is 1.44. The van der Waals surface area contributed by atoms with Crippen molar-refractivity contribution in [3.8, 4) is 11.5 Å². The van der Waals surface area contributed by atoms with Gasteiger partial charge in [0.2, 0.25) is 29.6 Å². The van der Waals surface area contributed by atoms with Gasteiger partial charge in [0, 0.05) is 43.7 Å². The van der Waals surface area contributed by atoms with Gasteiger partial charge in [-0.3, -0.25) is 49.4 Å². The van der Waals surface area contributed by atoms with Crippen LogP contribution in [0.5, 0.6) is 11.5 Å². The molecule has 9 N–H and O–H groups in total. The number of carbonyl (C=O) groups excluding carboxylic acids is 5. The topological polar surface area (TPSA) is 289 Å². The molecule has 21 heteroatoms. The molecule has 4 heterocycles. The summed E-state index contributed by atoms with van der Waals surface area (Å²) in [5.74, 6) is 3.31. The SMILES string of the molecule is CCn1nc(C)cc1C(=O)Nc1nc2cc(C(N)=O)cc(OC)c2n1C/C=C/Cn1c(NC(=O)c2cc(C)nn2CC)nc2cc(C(N)=O)cc(OCCCC(=O)NN)c21. The predicted molar refractivity (Wildman–Crippen MR) is 220 cm³/mol. The molecule has 0 saturated heterocycles. The summed E-state index contributed by atoms with van der Waals surface area (Å²) in [6.45, 7) is 8.51. The van der Waals surface area contributed by atoms with Crippen molar-refractivity contribution in [2.75, 3.05) is 24.4 Å². The summed E-state index contributed by atoms with van der Waals surface area (Å²) < 4.78 is 18.3. The minimum atomic E-state index is -0.727. The van der Waals surface area contributed by atoms with Crippen LogP contribution >= 0.6 is 0 Å². The second-order valence-electron chi connectivity index (χ2n) is 13.6. The number of amides is 5. The summed E-state index contributed by atoms with van der Waals surface area (Å²) in [5.41, 5.74) is 17.1. The zero-order valence-electron chi connectivity index (χ0n) is 33.7. The third-order valence-electron chi connectivity index (χ3n) is 9.43. The van der Waals surface area contributed by atoms with Crippen molar-refractivity contribution in [1.82, 2.24) is 44.1 Å². The Morgan fingerprint density at radius 2 is 1.18 bits per heavy atom. The molecule has 4 aromatic heterocycles. The molecule has 0 aliphatic rings. The number of nitrogens with one attached hydrogen (secondary N) is 3. The van der Waals surface area contributed by atoms with Crippen LogP contribution in [0.3, 0.4) is 0 Å². The molecule has 314 valence electrons. The fraction of sp³-hybridized carbons (Fsp3) is 0.308. The number of anilines is 2. The van der Waals surface area contributed by atoms with Gasteiger partial charge in [0.15, 0.2) is 0 Å². The van der Waals surface area contributed by atoms with Gasteiger partial charge in [-0.25, -0.2) is 15.8 Å². The van der Waals surface area contributed by atoms with Crippen LogP contribution in [-0.4, -0.2) is 81.9 Å². The maximum Gasteiger partial charge on any atom is 0.276 e. The molecule has 0 atom stereocenters. The van der Waals surface area contributed by atoms with Gasteiger partial charge in [-0.2, -0.15) is 10.2 Å². The average molecular weight is 823 g/mol. The first-order valence-electron chi connectivity index (χ1n) is 19.0. The second kappa shape index (κ2) is 17.9. The number of primary amides is 2. The Balaban J connectivity index is 1.41. The smallest absolute Gasteiger partial charge is 0.276 e. The number of allylic oxidation sites excluding steroid dienone is 2. The number of fused-ring (bicyclic) bond motifs is 2. The molecule has 0 aliphatic carbocycles. The normalized spacial score (nSPS) is 11.4. The molecule has 60 heavy (non-hydrogen) atoms. The molecule has 6 aromatic rings. The minimum Gasteiger partial charge on any atom is -0.494 e. The number of hydrogen-bond donors (Lipinski definition) is 6. The van der Waals surface area contributed by atoms with E-state index in [4.69, 9.17) is 31.8 Å². The van der Waals surface area contributed by atoms with Crippen LogP contribution in [0, 0.1) is 13.8 Å². The highest BCUT2D eigenvalue weighted by molar-refractivity contribution is 6.05. The van der Waals surface area contributed by atoms with Gasteiger partial charge in [-0.1, -0.05) is 12.2 Å². The number of aromatic nitrogens is 8. The first-order valence-corrected chi connectivity index (χ1v) is 19.0. The Morgan fingerprint density at radius 1 is 0.717 bits per heavy atom. The number of hydrazine groups is 1. The van der Waals surface area contributed by atoms with E-state index in [2.05, 4.69) is 31.2 Å². The van der Waals surface area contributed by atoms with E-state index in [1.54, 1.807) is 56.6 Å². The van der Waals surface area contributed by atoms with Crippen LogP contribution < -0.4 is 42.8 Å². The zero-order valence-corrected chi connectivity index (χ0v) is 33.7. The number of hydrogen-bond acceptors (Lipinski definition) is 12. The van der Waals surface area contributed by atoms with Gasteiger partial charge in [0.05, 0.1) is 36.1 Å². The van der Waals surface area contributed by atoms with Gasteiger partial charge in [-0.15, -0.1) is 0 Å². The lowest BCUT2D eigenvalue weighted by Crippen LogP contribution is -2.30. The molecule has 0 aliphatic heterocycles. The Morgan fingerprint density at radius 3 is 1.62 bits per heavy atom. The Kier molecular flexibility index (Phi) is 12.6. The number of ether oxygens (including phenoxy) is 2. The Bertz CT molecular complexity index is 2670. The van der Waals surface area contributed by atoms with Crippen LogP contribution in [0.15, 0.2) is 48.6 Å². The van der Waals surface area contributed by atoms with E-state index in [0.29, 0.717) is 70.1 Å². The van der Waals surface area contributed by atoms with Crippen LogP contribution in [0.2, 0.25) is 0 Å². The molecular formula is C39H46N14O7. The summed E-state index contributed by atoms with van der Waals surface area (Å²) in [6.07, 6.45) is 3.98. The molecule has 0 radical (unpaired) electrons. The van der Waals surface area contributed by atoms with Crippen molar-refractivity contribution in [3.05, 3.63) is 82.5 Å². The van der Waals surface area contributed by atoms with Gasteiger partial charge in [0.1, 0.15) is 33.9 Å². The molecule has 0 bridgehead atoms. The molecule has 0 unspecified atom stereocenters. The van der Waals surface area contributed by atoms with Crippen LogP contribution in [0.4, 0.5) is 11.9 Å². The van der Waals surface area contributed by atoms with Crippen LogP contribution in [0.25, 0.3) is 22.1 Å². The van der Waals surface area contributed by atoms with Crippen molar-refractivity contribution in [1.29, 1.82) is 0 Å². The van der Waals surface area contributed by atoms with E-state index in [-0.39, 0.29) is 60.8 Å². The van der Waals surface area contributed by atoms with E-state index in [1.807, 2.05) is 13.8 Å². The van der Waals surface area contributed by atoms with Gasteiger partial charge in [0.25, 0.3) is 11.8 Å². The maximum atomic E-state index is 13.7. The number of benzene rings is 2. The highest BCUT2D eigenvalue weighted by Gasteiger charge is 2.24. The zero-order chi connectivity index (χ0) is 43.2. The molecular weight excluding hydrogens is 777 g/mol. The van der Waals surface area contributed by atoms with E-state index >= 15 is 0 Å². The predicted octanol–water partition coefficient (Wildman–Crippen LogP) is 2.55.